The number of nitrogens with zero attached hydrogens (tertiary/aromatic N) is 4. The molecule has 30 heavy (non-hydrogen) atoms. The molecule has 5 rings (SSSR count). The predicted molar refractivity (Wildman–Crippen MR) is 102 cm³/mol. The summed E-state index contributed by atoms with van der Waals surface area (Å²) in [7, 11) is 0. The summed E-state index contributed by atoms with van der Waals surface area (Å²) < 4.78 is 21.0. The van der Waals surface area contributed by atoms with Crippen molar-refractivity contribution in [3.63, 3.8) is 0 Å². The summed E-state index contributed by atoms with van der Waals surface area (Å²) in [6.45, 7) is 4.10. The van der Waals surface area contributed by atoms with Crippen molar-refractivity contribution in [1.82, 2.24) is 14.9 Å². The Balaban J connectivity index is 1.23. The van der Waals surface area contributed by atoms with Gasteiger partial charge in [-0.1, -0.05) is 6.07 Å². The number of piperazine rings is 1. The minimum Gasteiger partial charge on any atom is -0.454 e. The fourth-order valence-corrected chi connectivity index (χ4v) is 3.45. The van der Waals surface area contributed by atoms with Gasteiger partial charge in [-0.25, -0.2) is 14.6 Å². The molecule has 0 spiro atoms. The van der Waals surface area contributed by atoms with Crippen molar-refractivity contribution in [2.24, 2.45) is 0 Å². The van der Waals surface area contributed by atoms with Gasteiger partial charge in [0, 0.05) is 44.9 Å². The molecule has 4 heterocycles. The highest BCUT2D eigenvalue weighted by Crippen LogP contribution is 2.33. The molecule has 0 aliphatic carbocycles. The lowest BCUT2D eigenvalue weighted by Gasteiger charge is -2.34. The van der Waals surface area contributed by atoms with Crippen LogP contribution in [0.4, 0.5) is 5.95 Å². The average Bonchev–Trinajstić information content (AvgIpc) is 3.21. The van der Waals surface area contributed by atoms with Crippen LogP contribution in [0.5, 0.6) is 23.1 Å². The molecule has 1 aromatic heterocycles. The second-order valence-corrected chi connectivity index (χ2v) is 6.97. The molecule has 1 fully saturated rings. The van der Waals surface area contributed by atoms with Crippen molar-refractivity contribution in [2.45, 2.75) is 6.54 Å². The first-order valence-electron chi connectivity index (χ1n) is 9.49. The number of fused-ring (bicyclic) bond motifs is 2. The molecule has 10 heteroatoms. The Hall–Kier alpha value is -3.66. The highest BCUT2D eigenvalue weighted by molar-refractivity contribution is 5.94. The highest BCUT2D eigenvalue weighted by Gasteiger charge is 2.24. The summed E-state index contributed by atoms with van der Waals surface area (Å²) in [5.74, 6) is 0.567. The lowest BCUT2D eigenvalue weighted by molar-refractivity contribution is -0.133. The number of ether oxygens (including phenoxy) is 4. The first-order valence-corrected chi connectivity index (χ1v) is 9.49. The first kappa shape index (κ1) is 18.4. The van der Waals surface area contributed by atoms with Crippen molar-refractivity contribution in [3.8, 4) is 23.1 Å². The molecule has 0 atom stereocenters. The Morgan fingerprint density at radius 1 is 0.900 bits per heavy atom. The lowest BCUT2D eigenvalue weighted by atomic mass is 10.1. The molecular formula is C20H18N4O6. The zero-order chi connectivity index (χ0) is 20.5. The number of rotatable bonds is 3. The van der Waals surface area contributed by atoms with Crippen LogP contribution in [0.1, 0.15) is 5.56 Å². The second-order valence-electron chi connectivity index (χ2n) is 6.97. The Labute approximate surface area is 171 Å². The largest absolute Gasteiger partial charge is 0.454 e. The maximum Gasteiger partial charge on any atom is 0.337 e. The number of benzene rings is 1. The van der Waals surface area contributed by atoms with Gasteiger partial charge in [0.25, 0.3) is 5.88 Å². The molecular weight excluding hydrogens is 392 g/mol. The standard InChI is InChI=1S/C20H18N4O6/c25-17-3-4-18(26)30-19-16(29-17)10-21-20(22-19)24-7-5-23(6-8-24)11-13-1-2-14-15(9-13)28-12-27-14/h1-4,9-10H,5-8,11-12H2/b4-3-. The maximum absolute atomic E-state index is 11.7. The first-order chi connectivity index (χ1) is 14.6. The van der Waals surface area contributed by atoms with Crippen molar-refractivity contribution >= 4 is 17.9 Å². The van der Waals surface area contributed by atoms with Crippen LogP contribution in [0.2, 0.25) is 0 Å². The fraction of sp³-hybridized carbons (Fsp3) is 0.300. The van der Waals surface area contributed by atoms with E-state index < -0.39 is 11.9 Å². The molecule has 154 valence electrons. The van der Waals surface area contributed by atoms with Gasteiger partial charge in [-0.15, -0.1) is 0 Å². The molecule has 0 saturated carbocycles. The second kappa shape index (κ2) is 7.64. The summed E-state index contributed by atoms with van der Waals surface area (Å²) in [6.07, 6.45) is 3.35. The molecule has 10 nitrogen and oxygen atoms in total. The van der Waals surface area contributed by atoms with Crippen molar-refractivity contribution in [2.75, 3.05) is 37.9 Å². The van der Waals surface area contributed by atoms with E-state index in [0.717, 1.165) is 48.8 Å². The van der Waals surface area contributed by atoms with Gasteiger partial charge >= 0.3 is 11.9 Å². The van der Waals surface area contributed by atoms with E-state index in [-0.39, 0.29) is 18.4 Å². The normalized spacial score (nSPS) is 19.4. The molecule has 0 bridgehead atoms. The van der Waals surface area contributed by atoms with Crippen LogP contribution < -0.4 is 23.8 Å². The zero-order valence-electron chi connectivity index (χ0n) is 15.9. The van der Waals surface area contributed by atoms with Gasteiger partial charge in [-0.05, 0) is 17.7 Å². The SMILES string of the molecule is O=C1/C=C\C(=O)Oc2nc(N3CCN(Cc4ccc5c(c4)OCO5)CC3)ncc2O1. The molecule has 0 unspecified atom stereocenters. The molecule has 3 aliphatic rings. The van der Waals surface area contributed by atoms with E-state index in [9.17, 15) is 9.59 Å². The quantitative estimate of drug-likeness (QED) is 0.678. The molecule has 1 aromatic carbocycles. The van der Waals surface area contributed by atoms with E-state index >= 15 is 0 Å². The molecule has 0 N–H and O–H groups in total. The summed E-state index contributed by atoms with van der Waals surface area (Å²) in [5.41, 5.74) is 1.16. The number of carbonyl (C=O) groups excluding carboxylic acids is 2. The van der Waals surface area contributed by atoms with Crippen LogP contribution in [0.15, 0.2) is 36.5 Å². The number of hydrogen-bond acceptors (Lipinski definition) is 10. The summed E-state index contributed by atoms with van der Waals surface area (Å²) in [5, 5.41) is 0. The molecule has 0 amide bonds. The maximum atomic E-state index is 11.7. The minimum absolute atomic E-state index is 0.0166. The van der Waals surface area contributed by atoms with Gasteiger partial charge in [0.2, 0.25) is 18.5 Å². The third-order valence-electron chi connectivity index (χ3n) is 4.97. The van der Waals surface area contributed by atoms with Gasteiger partial charge in [0.15, 0.2) is 11.5 Å². The van der Waals surface area contributed by atoms with Crippen molar-refractivity contribution in [3.05, 3.63) is 42.1 Å². The average molecular weight is 410 g/mol. The van der Waals surface area contributed by atoms with Crippen molar-refractivity contribution < 1.29 is 28.5 Å². The number of hydrogen-bond donors (Lipinski definition) is 0. The number of carbonyl (C=O) groups is 2. The van der Waals surface area contributed by atoms with Crippen LogP contribution in [0.3, 0.4) is 0 Å². The lowest BCUT2D eigenvalue weighted by Crippen LogP contribution is -2.46. The molecule has 1 saturated heterocycles. The number of esters is 2. The van der Waals surface area contributed by atoms with Gasteiger partial charge in [0.1, 0.15) is 0 Å². The van der Waals surface area contributed by atoms with Crippen molar-refractivity contribution in [1.29, 1.82) is 0 Å². The van der Waals surface area contributed by atoms with Gasteiger partial charge in [-0.2, -0.15) is 4.98 Å². The third-order valence-corrected chi connectivity index (χ3v) is 4.97. The van der Waals surface area contributed by atoms with Crippen LogP contribution >= 0.6 is 0 Å². The minimum atomic E-state index is -0.689. The Kier molecular flexibility index (Phi) is 4.68. The Morgan fingerprint density at radius 3 is 2.50 bits per heavy atom. The summed E-state index contributed by atoms with van der Waals surface area (Å²) in [6, 6.07) is 5.99. The van der Waals surface area contributed by atoms with Gasteiger partial charge in [-0.3, -0.25) is 4.90 Å². The summed E-state index contributed by atoms with van der Waals surface area (Å²) in [4.78, 5) is 36.2. The van der Waals surface area contributed by atoms with Crippen LogP contribution in [0.25, 0.3) is 0 Å². The van der Waals surface area contributed by atoms with Gasteiger partial charge < -0.3 is 23.8 Å². The van der Waals surface area contributed by atoms with E-state index in [4.69, 9.17) is 18.9 Å². The number of anilines is 1. The molecule has 2 aromatic rings. The predicted octanol–water partition coefficient (Wildman–Crippen LogP) is 0.908. The van der Waals surface area contributed by atoms with Crippen LogP contribution in [-0.2, 0) is 16.1 Å². The molecule has 3 aliphatic heterocycles. The zero-order valence-corrected chi connectivity index (χ0v) is 15.9. The van der Waals surface area contributed by atoms with E-state index in [1.807, 2.05) is 23.1 Å². The third kappa shape index (κ3) is 3.77. The Morgan fingerprint density at radius 2 is 1.67 bits per heavy atom. The monoisotopic (exact) mass is 410 g/mol. The number of aromatic nitrogens is 2. The highest BCUT2D eigenvalue weighted by atomic mass is 16.7. The van der Waals surface area contributed by atoms with E-state index in [1.165, 1.54) is 6.20 Å². The molecule has 0 radical (unpaired) electrons. The summed E-state index contributed by atoms with van der Waals surface area (Å²) >= 11 is 0. The van der Waals surface area contributed by atoms with Crippen LogP contribution in [0, 0.1) is 0 Å². The van der Waals surface area contributed by atoms with E-state index in [1.54, 1.807) is 0 Å². The van der Waals surface area contributed by atoms with E-state index in [2.05, 4.69) is 14.9 Å². The fourth-order valence-electron chi connectivity index (χ4n) is 3.45. The van der Waals surface area contributed by atoms with E-state index in [0.29, 0.717) is 19.0 Å². The topological polar surface area (TPSA) is 103 Å². The Bertz CT molecular complexity index is 1030. The van der Waals surface area contributed by atoms with Crippen LogP contribution in [-0.4, -0.2) is 59.8 Å². The smallest absolute Gasteiger partial charge is 0.337 e. The van der Waals surface area contributed by atoms with Gasteiger partial charge in [0.05, 0.1) is 6.20 Å².